The summed E-state index contributed by atoms with van der Waals surface area (Å²) >= 11 is -5.36. The molecule has 96 valence electrons. The van der Waals surface area contributed by atoms with Gasteiger partial charge in [0.25, 0.3) is 0 Å². The molecule has 0 fully saturated rings. The van der Waals surface area contributed by atoms with Crippen LogP contribution in [0, 0.1) is 10.1 Å². The van der Waals surface area contributed by atoms with Gasteiger partial charge < -0.3 is 0 Å². The molecule has 0 saturated carbocycles. The number of nitrogens with zero attached hydrogens (tertiary/aromatic N) is 1. The van der Waals surface area contributed by atoms with Crippen LogP contribution in [0.2, 0.25) is 0 Å². The van der Waals surface area contributed by atoms with Crippen LogP contribution in [0.4, 0.5) is 5.69 Å². The normalized spacial score (nSPS) is 11.1. The molecule has 0 spiro atoms. The van der Waals surface area contributed by atoms with Gasteiger partial charge in [0, 0.05) is 59.1 Å². The molecule has 9 nitrogen and oxygen atoms in total. The molecule has 3 N–H and O–H groups in total. The van der Waals surface area contributed by atoms with Gasteiger partial charge in [-0.05, 0) is 0 Å². The van der Waals surface area contributed by atoms with Crippen molar-refractivity contribution in [3.63, 3.8) is 0 Å². The summed E-state index contributed by atoms with van der Waals surface area (Å²) in [6.45, 7) is 0. The van der Waals surface area contributed by atoms with Crippen LogP contribution in [0.5, 0.6) is 0 Å². The average Bonchev–Trinajstić information content (AvgIpc) is 2.14. The van der Waals surface area contributed by atoms with E-state index in [4.69, 9.17) is 12.7 Å². The molecule has 0 amide bonds. The molecule has 0 aliphatic heterocycles. The zero-order valence-electron chi connectivity index (χ0n) is 9.92. The van der Waals surface area contributed by atoms with Crippen LogP contribution in [0.25, 0.3) is 0 Å². The van der Waals surface area contributed by atoms with Gasteiger partial charge in [-0.3, -0.25) is 0 Å². The Morgan fingerprint density at radius 2 is 1.68 bits per heavy atom. The van der Waals surface area contributed by atoms with Crippen molar-refractivity contribution >= 4 is 93.4 Å². The zero-order chi connectivity index (χ0) is 13.4. The Morgan fingerprint density at radius 3 is 2.00 bits per heavy atom. The smallest absolute Gasteiger partial charge is 0 e. The van der Waals surface area contributed by atoms with E-state index in [1.807, 2.05) is 0 Å². The molecule has 1 aromatic carbocycles. The molecule has 19 heavy (non-hydrogen) atoms. The van der Waals surface area contributed by atoms with Crippen LogP contribution < -0.4 is 4.35 Å². The second-order valence-corrected chi connectivity index (χ2v) is 7.68. The van der Waals surface area contributed by atoms with Crippen molar-refractivity contribution in [3.05, 3.63) is 28.3 Å². The molecule has 0 heterocycles. The van der Waals surface area contributed by atoms with Crippen molar-refractivity contribution in [2.45, 2.75) is 4.90 Å². The van der Waals surface area contributed by atoms with Crippen molar-refractivity contribution in [3.8, 4) is 0 Å². The van der Waals surface area contributed by atoms with Gasteiger partial charge in [0.15, 0.2) is 0 Å². The molecule has 0 unspecified atom stereocenters. The third-order valence-electron chi connectivity index (χ3n) is 1.75. The van der Waals surface area contributed by atoms with E-state index in [1.54, 1.807) is 0 Å². The van der Waals surface area contributed by atoms with E-state index in [9.17, 15) is 22.3 Å². The predicted octanol–water partition coefficient (Wildman–Crippen LogP) is -2.36. The van der Waals surface area contributed by atoms with Gasteiger partial charge in [-0.1, -0.05) is 0 Å². The summed E-state index contributed by atoms with van der Waals surface area (Å²) in [6.07, 6.45) is 0. The molecule has 1 rings (SSSR count). The van der Waals surface area contributed by atoms with E-state index in [-0.39, 0.29) is 59.1 Å². The van der Waals surface area contributed by atoms with E-state index in [0.717, 1.165) is 6.07 Å². The standard InChI is InChI=1S/C6H6AsNO8S.2Na/c9-7(10,11)4-1-2-6(17(14,15)16)5(3-4)8(12)13;;/h1-3H,(H2,9,10,11)(H,14,15,16);;. The monoisotopic (exact) mass is 373 g/mol. The van der Waals surface area contributed by atoms with Gasteiger partial charge in [-0.25, -0.2) is 0 Å². The van der Waals surface area contributed by atoms with Gasteiger partial charge in [0.1, 0.15) is 0 Å². The Morgan fingerprint density at radius 1 is 1.21 bits per heavy atom. The van der Waals surface area contributed by atoms with Crippen LogP contribution in [0.3, 0.4) is 0 Å². The predicted molar refractivity (Wildman–Crippen MR) is 64.9 cm³/mol. The van der Waals surface area contributed by atoms with E-state index < -0.39 is 44.1 Å². The Labute approximate surface area is 154 Å². The SMILES string of the molecule is O=[N+]([O-])c1cc([As](=O)(O)O)ccc1S(=O)(=O)O.[Na].[Na]. The summed E-state index contributed by atoms with van der Waals surface area (Å²) in [5, 5.41) is 10.5. The fraction of sp³-hybridized carbons (Fsp3) is 0. The van der Waals surface area contributed by atoms with Crippen LogP contribution in [-0.4, -0.2) is 99.4 Å². The first kappa shape index (κ1) is 22.1. The Kier molecular flexibility index (Phi) is 8.97. The minimum absolute atomic E-state index is 0. The minimum Gasteiger partial charge on any atom is 0 e. The first-order chi connectivity index (χ1) is 7.53. The maximum atomic E-state index is 10.9. The van der Waals surface area contributed by atoms with Crippen LogP contribution in [0.15, 0.2) is 23.1 Å². The number of hydrogen-bond donors (Lipinski definition) is 3. The van der Waals surface area contributed by atoms with Crippen LogP contribution in [0.1, 0.15) is 0 Å². The Balaban J connectivity index is 0. The number of rotatable bonds is 3. The van der Waals surface area contributed by atoms with Crippen molar-refractivity contribution < 1.29 is 29.8 Å². The first-order valence-electron chi connectivity index (χ1n) is 3.85. The second-order valence-electron chi connectivity index (χ2n) is 2.93. The summed E-state index contributed by atoms with van der Waals surface area (Å²) in [6, 6.07) is 1.72. The molecule has 0 aromatic heterocycles. The minimum atomic E-state index is -5.36. The molecule has 0 aliphatic rings. The van der Waals surface area contributed by atoms with E-state index in [2.05, 4.69) is 0 Å². The van der Waals surface area contributed by atoms with Gasteiger partial charge in [-0.15, -0.1) is 0 Å². The van der Waals surface area contributed by atoms with Crippen molar-refractivity contribution in [1.29, 1.82) is 0 Å². The molecular weight excluding hydrogens is 367 g/mol. The molecule has 0 atom stereocenters. The van der Waals surface area contributed by atoms with E-state index in [0.29, 0.717) is 12.1 Å². The molecule has 2 radical (unpaired) electrons. The van der Waals surface area contributed by atoms with Gasteiger partial charge in [0.2, 0.25) is 0 Å². The zero-order valence-corrected chi connectivity index (χ0v) is 16.6. The van der Waals surface area contributed by atoms with E-state index >= 15 is 0 Å². The third-order valence-corrected chi connectivity index (χ3v) is 4.65. The fourth-order valence-electron chi connectivity index (χ4n) is 1.05. The van der Waals surface area contributed by atoms with Gasteiger partial charge in [-0.2, -0.15) is 0 Å². The Hall–Kier alpha value is 0.808. The maximum absolute atomic E-state index is 10.9. The summed E-state index contributed by atoms with van der Waals surface area (Å²) in [7, 11) is -4.83. The first-order valence-corrected chi connectivity index (χ1v) is 8.68. The number of nitro groups is 1. The second kappa shape index (κ2) is 7.71. The number of nitro benzene ring substituents is 1. The molecule has 13 heteroatoms. The van der Waals surface area contributed by atoms with Crippen molar-refractivity contribution in [1.82, 2.24) is 0 Å². The van der Waals surface area contributed by atoms with Crippen molar-refractivity contribution in [2.75, 3.05) is 0 Å². The molecule has 1 aromatic rings. The quantitative estimate of drug-likeness (QED) is 0.230. The molecule has 0 aliphatic carbocycles. The summed E-state index contributed by atoms with van der Waals surface area (Å²) < 4.78 is 58.1. The van der Waals surface area contributed by atoms with Gasteiger partial charge >= 0.3 is 97.4 Å². The van der Waals surface area contributed by atoms with Gasteiger partial charge in [0.05, 0.1) is 0 Å². The number of hydrogen-bond acceptors (Lipinski definition) is 5. The molecule has 0 bridgehead atoms. The topological polar surface area (TPSA) is 155 Å². The third kappa shape index (κ3) is 5.98. The molecular formula is C6H6AsNNa2O8S. The summed E-state index contributed by atoms with van der Waals surface area (Å²) in [4.78, 5) is 8.36. The van der Waals surface area contributed by atoms with Crippen LogP contribution in [-0.2, 0) is 13.9 Å². The fourth-order valence-corrected chi connectivity index (χ4v) is 2.86. The Bertz CT molecular complexity index is 626. The average molecular weight is 373 g/mol. The molecule has 0 saturated heterocycles. The summed E-state index contributed by atoms with van der Waals surface area (Å²) in [5.41, 5.74) is -1.09. The summed E-state index contributed by atoms with van der Waals surface area (Å²) in [5.74, 6) is 0. The van der Waals surface area contributed by atoms with Crippen molar-refractivity contribution in [2.24, 2.45) is 0 Å². The largest absolute Gasteiger partial charge is 0 e. The number of benzene rings is 1. The maximum Gasteiger partial charge on any atom is 0 e. The van der Waals surface area contributed by atoms with Crippen LogP contribution >= 0.6 is 0 Å². The van der Waals surface area contributed by atoms with E-state index in [1.165, 1.54) is 0 Å².